The molecular weight excluding hydrogens is 414 g/mol. The number of nitro benzene ring substituents is 1. The molecule has 9 nitrogen and oxygen atoms in total. The Morgan fingerprint density at radius 3 is 2.12 bits per heavy atom. The zero-order valence-electron chi connectivity index (χ0n) is 18.2. The van der Waals surface area contributed by atoms with E-state index in [1.54, 1.807) is 37.3 Å². The summed E-state index contributed by atoms with van der Waals surface area (Å²) in [6, 6.07) is 12.7. The van der Waals surface area contributed by atoms with Crippen molar-refractivity contribution in [3.63, 3.8) is 0 Å². The molecule has 0 spiro atoms. The number of hydrogen-bond donors (Lipinski definition) is 0. The highest BCUT2D eigenvalue weighted by Gasteiger charge is 2.42. The van der Waals surface area contributed by atoms with Crippen LogP contribution in [-0.4, -0.2) is 62.2 Å². The normalized spacial score (nSPS) is 13.8. The first-order valence-electron chi connectivity index (χ1n) is 10.1. The molecule has 0 aromatic heterocycles. The van der Waals surface area contributed by atoms with Crippen molar-refractivity contribution in [2.75, 3.05) is 45.4 Å². The molecule has 2 amide bonds. The van der Waals surface area contributed by atoms with Crippen LogP contribution in [0.15, 0.2) is 54.2 Å². The quantitative estimate of drug-likeness (QED) is 0.319. The standard InChI is InChI=1S/C23H25N3O6/c1-16-5-4-6-19(15-16)25-22(27)20(17-7-9-18(10-8-17)26(29)30)21(23(25)28)24(11-13-31-2)12-14-32-3/h4-10,15H,11-14H2,1-3H3. The average molecular weight is 439 g/mol. The van der Waals surface area contributed by atoms with Crippen molar-refractivity contribution < 1.29 is 24.0 Å². The van der Waals surface area contributed by atoms with Gasteiger partial charge in [-0.2, -0.15) is 0 Å². The number of carbonyl (C=O) groups is 2. The van der Waals surface area contributed by atoms with Crippen molar-refractivity contribution in [3.8, 4) is 0 Å². The maximum atomic E-state index is 13.6. The predicted octanol–water partition coefficient (Wildman–Crippen LogP) is 2.78. The van der Waals surface area contributed by atoms with Gasteiger partial charge in [0.15, 0.2) is 0 Å². The van der Waals surface area contributed by atoms with Gasteiger partial charge in [0.2, 0.25) is 0 Å². The number of methoxy groups -OCH3 is 2. The molecule has 1 heterocycles. The van der Waals surface area contributed by atoms with Crippen molar-refractivity contribution in [2.24, 2.45) is 0 Å². The second-order valence-electron chi connectivity index (χ2n) is 7.28. The van der Waals surface area contributed by atoms with Crippen LogP contribution >= 0.6 is 0 Å². The van der Waals surface area contributed by atoms with Gasteiger partial charge in [0.25, 0.3) is 17.5 Å². The van der Waals surface area contributed by atoms with Crippen LogP contribution in [0.3, 0.4) is 0 Å². The van der Waals surface area contributed by atoms with Crippen LogP contribution in [0.2, 0.25) is 0 Å². The van der Waals surface area contributed by atoms with Crippen molar-refractivity contribution in [1.29, 1.82) is 0 Å². The minimum atomic E-state index is -0.511. The molecule has 3 rings (SSSR count). The molecule has 1 aliphatic rings. The summed E-state index contributed by atoms with van der Waals surface area (Å²) in [6.45, 7) is 3.29. The minimum absolute atomic E-state index is 0.0983. The summed E-state index contributed by atoms with van der Waals surface area (Å²) >= 11 is 0. The Morgan fingerprint density at radius 1 is 0.969 bits per heavy atom. The van der Waals surface area contributed by atoms with E-state index in [1.165, 1.54) is 24.3 Å². The summed E-state index contributed by atoms with van der Waals surface area (Å²) in [5, 5.41) is 11.1. The maximum Gasteiger partial charge on any atom is 0.282 e. The molecule has 0 aliphatic carbocycles. The van der Waals surface area contributed by atoms with E-state index in [0.717, 1.165) is 10.5 Å². The second-order valence-corrected chi connectivity index (χ2v) is 7.28. The topological polar surface area (TPSA) is 102 Å². The largest absolute Gasteiger partial charge is 0.383 e. The fourth-order valence-electron chi connectivity index (χ4n) is 3.56. The lowest BCUT2D eigenvalue weighted by Gasteiger charge is -2.25. The van der Waals surface area contributed by atoms with E-state index in [-0.39, 0.29) is 17.0 Å². The van der Waals surface area contributed by atoms with Crippen LogP contribution < -0.4 is 4.90 Å². The SMILES string of the molecule is COCCN(CCOC)C1=C(c2ccc([N+](=O)[O-])cc2)C(=O)N(c2cccc(C)c2)C1=O. The third-order valence-electron chi connectivity index (χ3n) is 5.13. The van der Waals surface area contributed by atoms with Crippen LogP contribution in [0, 0.1) is 17.0 Å². The summed E-state index contributed by atoms with van der Waals surface area (Å²) in [6.07, 6.45) is 0. The first kappa shape index (κ1) is 23.1. The minimum Gasteiger partial charge on any atom is -0.383 e. The summed E-state index contributed by atoms with van der Waals surface area (Å²) in [7, 11) is 3.11. The molecule has 0 saturated carbocycles. The summed E-state index contributed by atoms with van der Waals surface area (Å²) in [4.78, 5) is 40.6. The highest BCUT2D eigenvalue weighted by molar-refractivity contribution is 6.45. The zero-order valence-corrected chi connectivity index (χ0v) is 18.2. The van der Waals surface area contributed by atoms with E-state index in [2.05, 4.69) is 0 Å². The molecule has 1 aliphatic heterocycles. The number of ether oxygens (including phenoxy) is 2. The Bertz CT molecular complexity index is 1040. The molecule has 0 radical (unpaired) electrons. The van der Waals surface area contributed by atoms with E-state index in [1.807, 2.05) is 13.0 Å². The number of aryl methyl sites for hydroxylation is 1. The van der Waals surface area contributed by atoms with Gasteiger partial charge in [0.1, 0.15) is 5.70 Å². The fourth-order valence-corrected chi connectivity index (χ4v) is 3.56. The highest BCUT2D eigenvalue weighted by Crippen LogP contribution is 2.35. The molecule has 0 saturated heterocycles. The molecule has 32 heavy (non-hydrogen) atoms. The predicted molar refractivity (Wildman–Crippen MR) is 119 cm³/mol. The number of imide groups is 1. The number of nitrogens with zero attached hydrogens (tertiary/aromatic N) is 3. The Balaban J connectivity index is 2.13. The van der Waals surface area contributed by atoms with Gasteiger partial charge in [0, 0.05) is 39.4 Å². The van der Waals surface area contributed by atoms with E-state index in [9.17, 15) is 19.7 Å². The molecule has 2 aromatic carbocycles. The van der Waals surface area contributed by atoms with Crippen LogP contribution in [0.5, 0.6) is 0 Å². The monoisotopic (exact) mass is 439 g/mol. The number of hydrogen-bond acceptors (Lipinski definition) is 7. The summed E-state index contributed by atoms with van der Waals surface area (Å²) < 4.78 is 10.4. The number of anilines is 1. The van der Waals surface area contributed by atoms with Gasteiger partial charge in [-0.25, -0.2) is 4.90 Å². The van der Waals surface area contributed by atoms with Crippen LogP contribution in [0.4, 0.5) is 11.4 Å². The van der Waals surface area contributed by atoms with Gasteiger partial charge in [-0.05, 0) is 42.3 Å². The molecule has 2 aromatic rings. The van der Waals surface area contributed by atoms with Crippen LogP contribution in [-0.2, 0) is 19.1 Å². The summed E-state index contributed by atoms with van der Waals surface area (Å²) in [5.74, 6) is -0.939. The number of amides is 2. The number of nitro groups is 1. The van der Waals surface area contributed by atoms with Gasteiger partial charge >= 0.3 is 0 Å². The third kappa shape index (κ3) is 4.68. The number of benzene rings is 2. The van der Waals surface area contributed by atoms with Gasteiger partial charge in [-0.3, -0.25) is 19.7 Å². The first-order chi connectivity index (χ1) is 15.4. The summed E-state index contributed by atoms with van der Waals surface area (Å²) in [5.41, 5.74) is 2.12. The van der Waals surface area contributed by atoms with Crippen molar-refractivity contribution >= 4 is 28.8 Å². The number of carbonyl (C=O) groups excluding carboxylic acids is 2. The molecule has 0 N–H and O–H groups in total. The first-order valence-corrected chi connectivity index (χ1v) is 10.1. The smallest absolute Gasteiger partial charge is 0.282 e. The van der Waals surface area contributed by atoms with Crippen LogP contribution in [0.25, 0.3) is 5.57 Å². The van der Waals surface area contributed by atoms with Gasteiger partial charge in [-0.1, -0.05) is 12.1 Å². The van der Waals surface area contributed by atoms with E-state index >= 15 is 0 Å². The van der Waals surface area contributed by atoms with Crippen molar-refractivity contribution in [3.05, 3.63) is 75.5 Å². The van der Waals surface area contributed by atoms with Gasteiger partial charge in [-0.15, -0.1) is 0 Å². The molecule has 0 bridgehead atoms. The van der Waals surface area contributed by atoms with Crippen LogP contribution in [0.1, 0.15) is 11.1 Å². The lowest BCUT2D eigenvalue weighted by atomic mass is 10.0. The molecule has 0 unspecified atom stereocenters. The molecule has 0 atom stereocenters. The van der Waals surface area contributed by atoms with Gasteiger partial charge < -0.3 is 14.4 Å². The Morgan fingerprint density at radius 2 is 1.59 bits per heavy atom. The molecule has 168 valence electrons. The Labute approximate surface area is 186 Å². The lowest BCUT2D eigenvalue weighted by molar-refractivity contribution is -0.384. The van der Waals surface area contributed by atoms with Gasteiger partial charge in [0.05, 0.1) is 29.4 Å². The van der Waals surface area contributed by atoms with E-state index < -0.39 is 16.7 Å². The molecule has 0 fully saturated rings. The number of rotatable bonds is 10. The zero-order chi connectivity index (χ0) is 23.3. The van der Waals surface area contributed by atoms with E-state index in [4.69, 9.17) is 9.47 Å². The second kappa shape index (κ2) is 10.2. The maximum absolute atomic E-state index is 13.6. The third-order valence-corrected chi connectivity index (χ3v) is 5.13. The average Bonchev–Trinajstić information content (AvgIpc) is 3.04. The number of non-ortho nitro benzene ring substituents is 1. The van der Waals surface area contributed by atoms with Crippen molar-refractivity contribution in [1.82, 2.24) is 4.90 Å². The Hall–Kier alpha value is -3.56. The highest BCUT2D eigenvalue weighted by atomic mass is 16.6. The Kier molecular flexibility index (Phi) is 7.34. The van der Waals surface area contributed by atoms with E-state index in [0.29, 0.717) is 37.6 Å². The molecule has 9 heteroatoms. The lowest BCUT2D eigenvalue weighted by Crippen LogP contribution is -2.37. The molecular formula is C23H25N3O6. The fraction of sp³-hybridized carbons (Fsp3) is 0.304. The van der Waals surface area contributed by atoms with Crippen molar-refractivity contribution in [2.45, 2.75) is 6.92 Å².